The van der Waals surface area contributed by atoms with Crippen molar-refractivity contribution in [2.45, 2.75) is 58.2 Å². The Hall–Kier alpha value is -5.07. The number of aromatic nitrogens is 2. The van der Waals surface area contributed by atoms with Crippen molar-refractivity contribution in [3.63, 3.8) is 0 Å². The molecule has 8 nitrogen and oxygen atoms in total. The Morgan fingerprint density at radius 2 is 1.76 bits per heavy atom. The van der Waals surface area contributed by atoms with E-state index in [1.165, 1.54) is 17.5 Å². The van der Waals surface area contributed by atoms with Crippen molar-refractivity contribution in [1.82, 2.24) is 19.8 Å². The Bertz CT molecular complexity index is 2330. The maximum atomic E-state index is 10.3. The summed E-state index contributed by atoms with van der Waals surface area (Å²) in [7, 11) is 0. The van der Waals surface area contributed by atoms with E-state index in [0.29, 0.717) is 23.7 Å². The van der Waals surface area contributed by atoms with Crippen LogP contribution in [0, 0.1) is 25.2 Å². The van der Waals surface area contributed by atoms with Gasteiger partial charge in [-0.25, -0.2) is 4.98 Å². The average molecular weight is 661 g/mol. The predicted molar refractivity (Wildman–Crippen MR) is 197 cm³/mol. The molecular formula is C42H40N6O2. The molecular weight excluding hydrogens is 621 g/mol. The van der Waals surface area contributed by atoms with E-state index < -0.39 is 0 Å². The second kappa shape index (κ2) is 12.4. The molecule has 0 radical (unpaired) electrons. The molecule has 2 saturated heterocycles. The number of nitrogens with zero attached hydrogens (tertiary/aromatic N) is 5. The molecule has 6 aromatic rings. The number of likely N-dealkylation sites (tertiary alicyclic amines) is 2. The highest BCUT2D eigenvalue weighted by Gasteiger charge is 2.34. The van der Waals surface area contributed by atoms with Gasteiger partial charge in [0.25, 0.3) is 0 Å². The molecule has 0 bridgehead atoms. The molecule has 8 heteroatoms. The minimum atomic E-state index is -0.236. The summed E-state index contributed by atoms with van der Waals surface area (Å²) in [6.07, 6.45) is 7.61. The first-order valence-corrected chi connectivity index (χ1v) is 17.8. The zero-order chi connectivity index (χ0) is 33.9. The van der Waals surface area contributed by atoms with E-state index in [2.05, 4.69) is 94.6 Å². The number of benzene rings is 3. The summed E-state index contributed by atoms with van der Waals surface area (Å²) in [6.45, 7) is 8.97. The molecule has 3 aliphatic rings. The summed E-state index contributed by atoms with van der Waals surface area (Å²) >= 11 is 0. The first kappa shape index (κ1) is 30.9. The van der Waals surface area contributed by atoms with Gasteiger partial charge in [-0.2, -0.15) is 5.26 Å². The maximum absolute atomic E-state index is 10.3. The number of hydrogen-bond acceptors (Lipinski definition) is 8. The normalized spacial score (nSPS) is 19.2. The monoisotopic (exact) mass is 660 g/mol. The molecule has 3 aromatic heterocycles. The van der Waals surface area contributed by atoms with Gasteiger partial charge in [0.05, 0.1) is 11.7 Å². The summed E-state index contributed by atoms with van der Waals surface area (Å²) in [5.41, 5.74) is 12.3. The molecule has 0 saturated carbocycles. The number of fused-ring (bicyclic) bond motifs is 3. The van der Waals surface area contributed by atoms with Crippen LogP contribution in [0.3, 0.4) is 0 Å². The largest absolute Gasteiger partial charge is 0.455 e. The zero-order valence-corrected chi connectivity index (χ0v) is 28.5. The van der Waals surface area contributed by atoms with E-state index in [1.54, 1.807) is 0 Å². The predicted octanol–water partition coefficient (Wildman–Crippen LogP) is 8.20. The molecule has 2 fully saturated rings. The van der Waals surface area contributed by atoms with E-state index in [4.69, 9.17) is 9.40 Å². The maximum Gasteiger partial charge on any atom is 0.156 e. The van der Waals surface area contributed by atoms with Crippen molar-refractivity contribution in [2.24, 2.45) is 0 Å². The van der Waals surface area contributed by atoms with Crippen LogP contribution in [-0.2, 0) is 13.0 Å². The standard InChI is InChI=1S/C42H40N6O2/c1-25-31(6-3-8-33(25)39-20-29-19-35-34(36(21-43)41(29)50-39)10-11-38(35)48-15-5-16-48)32-7-4-9-37(26(32)2)46-42-40-28(12-14-44-42)18-27(22-45-40)23-47-17-13-30(49)24-47/h3-4,6-9,12,14,18-20,22,30,38,49H,5,10-11,13,15-17,23-24H2,1-2H3,(H,44,46)/t30-,38?/m1/s1. The molecule has 1 aliphatic carbocycles. The van der Waals surface area contributed by atoms with Gasteiger partial charge in [0.2, 0.25) is 0 Å². The van der Waals surface area contributed by atoms with Crippen LogP contribution in [0.4, 0.5) is 11.5 Å². The number of rotatable bonds is 7. The number of aliphatic hydroxyl groups is 1. The highest BCUT2D eigenvalue weighted by molar-refractivity contribution is 5.93. The van der Waals surface area contributed by atoms with Crippen LogP contribution in [0.5, 0.6) is 0 Å². The van der Waals surface area contributed by atoms with E-state index in [-0.39, 0.29) is 6.10 Å². The van der Waals surface area contributed by atoms with Crippen LogP contribution in [0.1, 0.15) is 58.7 Å². The third kappa shape index (κ3) is 5.25. The molecule has 5 heterocycles. The fraction of sp³-hybridized carbons (Fsp3) is 0.310. The SMILES string of the molecule is Cc1c(Nc2nccc3cc(CN4CC[C@@H](O)C4)cnc23)cccc1-c1cccc(-c2cc3cc4c(c(C#N)c3o2)CCC4N2CCC2)c1C. The van der Waals surface area contributed by atoms with Crippen LogP contribution in [0.2, 0.25) is 0 Å². The Morgan fingerprint density at radius 1 is 0.940 bits per heavy atom. The summed E-state index contributed by atoms with van der Waals surface area (Å²) in [6, 6.07) is 24.2. The van der Waals surface area contributed by atoms with Crippen molar-refractivity contribution in [3.05, 3.63) is 106 Å². The number of nitriles is 1. The highest BCUT2D eigenvalue weighted by Crippen LogP contribution is 2.44. The molecule has 2 N–H and O–H groups in total. The number of aliphatic hydroxyl groups excluding tert-OH is 1. The van der Waals surface area contributed by atoms with Gasteiger partial charge in [0.15, 0.2) is 11.4 Å². The molecule has 9 rings (SSSR count). The van der Waals surface area contributed by atoms with Crippen molar-refractivity contribution in [1.29, 1.82) is 5.26 Å². The molecule has 250 valence electrons. The smallest absolute Gasteiger partial charge is 0.156 e. The number of nitrogens with one attached hydrogen (secondary N) is 1. The molecule has 3 aromatic carbocycles. The highest BCUT2D eigenvalue weighted by atomic mass is 16.3. The lowest BCUT2D eigenvalue weighted by Gasteiger charge is -2.36. The zero-order valence-electron chi connectivity index (χ0n) is 28.5. The number of hydrogen-bond donors (Lipinski definition) is 2. The van der Waals surface area contributed by atoms with Gasteiger partial charge < -0.3 is 14.8 Å². The fourth-order valence-corrected chi connectivity index (χ4v) is 8.41. The molecule has 50 heavy (non-hydrogen) atoms. The molecule has 2 aliphatic heterocycles. The van der Waals surface area contributed by atoms with Gasteiger partial charge in [-0.3, -0.25) is 14.8 Å². The lowest BCUT2D eigenvalue weighted by Crippen LogP contribution is -2.39. The lowest BCUT2D eigenvalue weighted by molar-refractivity contribution is 0.118. The van der Waals surface area contributed by atoms with Gasteiger partial charge in [-0.05, 0) is 122 Å². The van der Waals surface area contributed by atoms with E-state index >= 15 is 0 Å². The van der Waals surface area contributed by atoms with E-state index in [0.717, 1.165) is 112 Å². The minimum absolute atomic E-state index is 0.236. The van der Waals surface area contributed by atoms with Crippen molar-refractivity contribution in [3.8, 4) is 28.5 Å². The molecule has 2 atom stereocenters. The Kier molecular flexibility index (Phi) is 7.65. The first-order chi connectivity index (χ1) is 24.4. The van der Waals surface area contributed by atoms with E-state index in [9.17, 15) is 10.4 Å². The van der Waals surface area contributed by atoms with Crippen LogP contribution < -0.4 is 5.32 Å². The number of anilines is 2. The van der Waals surface area contributed by atoms with Crippen LogP contribution in [0.15, 0.2) is 77.5 Å². The topological polar surface area (TPSA) is 101 Å². The third-order valence-corrected chi connectivity index (χ3v) is 11.2. The van der Waals surface area contributed by atoms with Crippen molar-refractivity contribution >= 4 is 33.4 Å². The molecule has 1 unspecified atom stereocenters. The van der Waals surface area contributed by atoms with Gasteiger partial charge in [-0.15, -0.1) is 0 Å². The fourth-order valence-electron chi connectivity index (χ4n) is 8.41. The van der Waals surface area contributed by atoms with Gasteiger partial charge in [0, 0.05) is 60.1 Å². The molecule has 0 amide bonds. The van der Waals surface area contributed by atoms with Crippen molar-refractivity contribution in [2.75, 3.05) is 31.5 Å². The lowest BCUT2D eigenvalue weighted by atomic mass is 9.92. The van der Waals surface area contributed by atoms with Crippen LogP contribution in [-0.4, -0.2) is 57.2 Å². The average Bonchev–Trinajstić information content (AvgIpc) is 3.83. The van der Waals surface area contributed by atoms with E-state index in [1.807, 2.05) is 18.5 Å². The Morgan fingerprint density at radius 3 is 2.54 bits per heavy atom. The van der Waals surface area contributed by atoms with Gasteiger partial charge in [0.1, 0.15) is 17.3 Å². The quantitative estimate of drug-likeness (QED) is 0.177. The number of pyridine rings is 2. The summed E-state index contributed by atoms with van der Waals surface area (Å²) < 4.78 is 6.56. The second-order valence-electron chi connectivity index (χ2n) is 14.2. The summed E-state index contributed by atoms with van der Waals surface area (Å²) in [4.78, 5) is 14.3. The molecule has 0 spiro atoms. The van der Waals surface area contributed by atoms with Gasteiger partial charge >= 0.3 is 0 Å². The first-order valence-electron chi connectivity index (χ1n) is 17.8. The Labute approximate surface area is 292 Å². The Balaban J connectivity index is 1.03. The number of furan rings is 1. The summed E-state index contributed by atoms with van der Waals surface area (Å²) in [5, 5.41) is 25.8. The number of β-amino-alcohol motifs (C(OH)–C–C–N with tert-alkyl or cyclic N) is 1. The second-order valence-corrected chi connectivity index (χ2v) is 14.2. The third-order valence-electron chi connectivity index (χ3n) is 11.2. The van der Waals surface area contributed by atoms with Crippen LogP contribution >= 0.6 is 0 Å². The summed E-state index contributed by atoms with van der Waals surface area (Å²) in [5.74, 6) is 1.51. The minimum Gasteiger partial charge on any atom is -0.455 e. The van der Waals surface area contributed by atoms with Crippen LogP contribution in [0.25, 0.3) is 44.3 Å². The van der Waals surface area contributed by atoms with Gasteiger partial charge in [-0.1, -0.05) is 30.3 Å². The van der Waals surface area contributed by atoms with Crippen molar-refractivity contribution < 1.29 is 9.52 Å².